The second kappa shape index (κ2) is 6.68. The molecule has 1 heterocycles. The van der Waals surface area contributed by atoms with E-state index in [0.29, 0.717) is 32.6 Å². The molecule has 5 heteroatoms. The minimum atomic E-state index is -0.787. The number of carbonyl (C=O) groups is 1. The van der Waals surface area contributed by atoms with Crippen molar-refractivity contribution in [3.63, 3.8) is 0 Å². The number of amides is 1. The Morgan fingerprint density at radius 3 is 2.47 bits per heavy atom. The molecule has 3 N–H and O–H groups in total. The molecule has 0 unspecified atom stereocenters. The van der Waals surface area contributed by atoms with Crippen LogP contribution in [0.3, 0.4) is 0 Å². The molecule has 19 heavy (non-hydrogen) atoms. The second-order valence-corrected chi connectivity index (χ2v) is 5.78. The van der Waals surface area contributed by atoms with Crippen LogP contribution in [0.4, 0.5) is 0 Å². The van der Waals surface area contributed by atoms with Gasteiger partial charge in [-0.25, -0.2) is 0 Å². The van der Waals surface area contributed by atoms with Crippen molar-refractivity contribution in [3.8, 4) is 0 Å². The average molecular weight is 270 g/mol. The van der Waals surface area contributed by atoms with Gasteiger partial charge < -0.3 is 20.5 Å². The average Bonchev–Trinajstić information content (AvgIpc) is 2.46. The highest BCUT2D eigenvalue weighted by atomic mass is 16.5. The molecule has 110 valence electrons. The summed E-state index contributed by atoms with van der Waals surface area (Å²) in [6, 6.07) is 0.261. The Hall–Kier alpha value is -0.650. The van der Waals surface area contributed by atoms with E-state index in [4.69, 9.17) is 10.5 Å². The first-order valence-electron chi connectivity index (χ1n) is 7.46. The molecule has 1 saturated carbocycles. The molecule has 1 amide bonds. The summed E-state index contributed by atoms with van der Waals surface area (Å²) in [5.74, 6) is 0.0109. The van der Waals surface area contributed by atoms with Crippen LogP contribution in [0.2, 0.25) is 0 Å². The minimum absolute atomic E-state index is 0.00875. The van der Waals surface area contributed by atoms with Gasteiger partial charge in [-0.3, -0.25) is 4.79 Å². The third-order valence-electron chi connectivity index (χ3n) is 4.43. The van der Waals surface area contributed by atoms with Crippen LogP contribution < -0.4 is 5.73 Å². The zero-order valence-corrected chi connectivity index (χ0v) is 11.6. The van der Waals surface area contributed by atoms with E-state index < -0.39 is 5.54 Å². The highest BCUT2D eigenvalue weighted by Gasteiger charge is 2.40. The highest BCUT2D eigenvalue weighted by molar-refractivity contribution is 5.86. The predicted molar refractivity (Wildman–Crippen MR) is 72.6 cm³/mol. The van der Waals surface area contributed by atoms with E-state index in [1.807, 2.05) is 4.90 Å². The summed E-state index contributed by atoms with van der Waals surface area (Å²) in [5.41, 5.74) is 5.50. The molecule has 2 rings (SSSR count). The van der Waals surface area contributed by atoms with Gasteiger partial charge in [0.25, 0.3) is 0 Å². The topological polar surface area (TPSA) is 75.8 Å². The molecule has 0 radical (unpaired) electrons. The van der Waals surface area contributed by atoms with Crippen LogP contribution in [0.15, 0.2) is 0 Å². The van der Waals surface area contributed by atoms with Gasteiger partial charge in [0.1, 0.15) is 0 Å². The van der Waals surface area contributed by atoms with Crippen molar-refractivity contribution >= 4 is 5.91 Å². The van der Waals surface area contributed by atoms with Crippen molar-refractivity contribution in [2.45, 2.75) is 56.5 Å². The normalized spacial score (nSPS) is 24.1. The second-order valence-electron chi connectivity index (χ2n) is 5.78. The lowest BCUT2D eigenvalue weighted by Crippen LogP contribution is -2.60. The zero-order chi connectivity index (χ0) is 13.7. The van der Waals surface area contributed by atoms with E-state index in [9.17, 15) is 9.90 Å². The van der Waals surface area contributed by atoms with Crippen molar-refractivity contribution in [2.75, 3.05) is 26.4 Å². The number of hydrogen-bond acceptors (Lipinski definition) is 4. The fourth-order valence-electron chi connectivity index (χ4n) is 3.19. The molecule has 2 aliphatic rings. The summed E-state index contributed by atoms with van der Waals surface area (Å²) in [4.78, 5) is 14.6. The number of nitrogens with two attached hydrogens (primary N) is 1. The number of nitrogens with zero attached hydrogens (tertiary/aromatic N) is 1. The van der Waals surface area contributed by atoms with E-state index in [0.717, 1.165) is 12.8 Å². The fraction of sp³-hybridized carbons (Fsp3) is 0.929. The lowest BCUT2D eigenvalue weighted by atomic mass is 9.87. The van der Waals surface area contributed by atoms with Gasteiger partial charge in [-0.2, -0.15) is 0 Å². The predicted octanol–water partition coefficient (Wildman–Crippen LogP) is 0.648. The zero-order valence-electron chi connectivity index (χ0n) is 11.6. The van der Waals surface area contributed by atoms with Crippen LogP contribution >= 0.6 is 0 Å². The maximum Gasteiger partial charge on any atom is 0.243 e. The Morgan fingerprint density at radius 1 is 1.26 bits per heavy atom. The molecule has 0 aromatic heterocycles. The van der Waals surface area contributed by atoms with Gasteiger partial charge in [-0.1, -0.05) is 19.3 Å². The summed E-state index contributed by atoms with van der Waals surface area (Å²) in [6.07, 6.45) is 6.83. The van der Waals surface area contributed by atoms with Crippen LogP contribution in [0.25, 0.3) is 0 Å². The maximum absolute atomic E-state index is 12.7. The van der Waals surface area contributed by atoms with Gasteiger partial charge in [0.15, 0.2) is 0 Å². The number of aliphatic hydroxyl groups is 1. The van der Waals surface area contributed by atoms with Crippen LogP contribution in [0.1, 0.15) is 44.9 Å². The van der Waals surface area contributed by atoms with E-state index in [1.54, 1.807) is 0 Å². The number of hydrogen-bond donors (Lipinski definition) is 2. The Bertz CT molecular complexity index is 297. The molecule has 0 bridgehead atoms. The Kier molecular flexibility index (Phi) is 5.19. The largest absolute Gasteiger partial charge is 0.395 e. The minimum Gasteiger partial charge on any atom is -0.395 e. The summed E-state index contributed by atoms with van der Waals surface area (Å²) < 4.78 is 5.30. The molecule has 1 aliphatic carbocycles. The van der Waals surface area contributed by atoms with Crippen molar-refractivity contribution < 1.29 is 14.6 Å². The van der Waals surface area contributed by atoms with Crippen LogP contribution in [0.5, 0.6) is 0 Å². The van der Waals surface area contributed by atoms with Crippen molar-refractivity contribution in [1.29, 1.82) is 0 Å². The molecule has 5 nitrogen and oxygen atoms in total. The van der Waals surface area contributed by atoms with Gasteiger partial charge in [0, 0.05) is 25.8 Å². The first-order valence-corrected chi connectivity index (χ1v) is 7.46. The quantitative estimate of drug-likeness (QED) is 0.786. The molecule has 2 fully saturated rings. The van der Waals surface area contributed by atoms with Crippen LogP contribution in [-0.4, -0.2) is 53.9 Å². The first kappa shape index (κ1) is 14.8. The van der Waals surface area contributed by atoms with Gasteiger partial charge >= 0.3 is 0 Å². The summed E-state index contributed by atoms with van der Waals surface area (Å²) in [6.45, 7) is 1.53. The van der Waals surface area contributed by atoms with Gasteiger partial charge in [-0.05, 0) is 25.7 Å². The Morgan fingerprint density at radius 2 is 1.89 bits per heavy atom. The standard InChI is InChI=1S/C14H26N2O3/c15-14(6-10-19-11-7-14)13(18)16(8-9-17)12-4-2-1-3-5-12/h12,17H,1-11,15H2. The molecule has 0 atom stereocenters. The first-order chi connectivity index (χ1) is 9.17. The highest BCUT2D eigenvalue weighted by Crippen LogP contribution is 2.27. The molecule has 0 spiro atoms. The van der Waals surface area contributed by atoms with Crippen molar-refractivity contribution in [1.82, 2.24) is 4.90 Å². The van der Waals surface area contributed by atoms with Gasteiger partial charge in [0.2, 0.25) is 5.91 Å². The van der Waals surface area contributed by atoms with Crippen molar-refractivity contribution in [3.05, 3.63) is 0 Å². The SMILES string of the molecule is NC1(C(=O)N(CCO)C2CCCCC2)CCOCC1. The number of rotatable bonds is 4. The lowest BCUT2D eigenvalue weighted by molar-refractivity contribution is -0.144. The molecule has 1 saturated heterocycles. The Balaban J connectivity index is 2.06. The van der Waals surface area contributed by atoms with Crippen molar-refractivity contribution in [2.24, 2.45) is 5.73 Å². The molecular weight excluding hydrogens is 244 g/mol. The molecule has 0 aromatic carbocycles. The molecule has 0 aromatic rings. The fourth-order valence-corrected chi connectivity index (χ4v) is 3.19. The number of ether oxygens (including phenoxy) is 1. The number of carbonyl (C=O) groups excluding carboxylic acids is 1. The van der Waals surface area contributed by atoms with Crippen LogP contribution in [-0.2, 0) is 9.53 Å². The van der Waals surface area contributed by atoms with Crippen LogP contribution in [0, 0.1) is 0 Å². The monoisotopic (exact) mass is 270 g/mol. The molecular formula is C14H26N2O3. The third-order valence-corrected chi connectivity index (χ3v) is 4.43. The third kappa shape index (κ3) is 3.46. The van der Waals surface area contributed by atoms with E-state index in [-0.39, 0.29) is 18.6 Å². The van der Waals surface area contributed by atoms with E-state index in [2.05, 4.69) is 0 Å². The lowest BCUT2D eigenvalue weighted by Gasteiger charge is -2.41. The molecule has 1 aliphatic heterocycles. The number of aliphatic hydroxyl groups excluding tert-OH is 1. The Labute approximate surface area is 115 Å². The van der Waals surface area contributed by atoms with E-state index in [1.165, 1.54) is 19.3 Å². The van der Waals surface area contributed by atoms with Gasteiger partial charge in [0.05, 0.1) is 12.1 Å². The van der Waals surface area contributed by atoms with Gasteiger partial charge in [-0.15, -0.1) is 0 Å². The summed E-state index contributed by atoms with van der Waals surface area (Å²) >= 11 is 0. The summed E-state index contributed by atoms with van der Waals surface area (Å²) in [7, 11) is 0. The maximum atomic E-state index is 12.7. The smallest absolute Gasteiger partial charge is 0.243 e. The van der Waals surface area contributed by atoms with E-state index >= 15 is 0 Å². The summed E-state index contributed by atoms with van der Waals surface area (Å²) in [5, 5.41) is 9.24.